The molecule has 0 bridgehead atoms. The monoisotopic (exact) mass is 1190 g/mol. The van der Waals surface area contributed by atoms with Crippen molar-refractivity contribution in [1.82, 2.24) is 46.4 Å². The first-order valence-electron chi connectivity index (χ1n) is 29.4. The van der Waals surface area contributed by atoms with Crippen LogP contribution in [0.2, 0.25) is 0 Å². The van der Waals surface area contributed by atoms with Gasteiger partial charge < -0.3 is 41.7 Å². The average Bonchev–Trinajstić information content (AvgIpc) is 4.08. The van der Waals surface area contributed by atoms with Gasteiger partial charge in [-0.3, -0.25) is 28.8 Å². The first kappa shape index (κ1) is 63.5. The fraction of sp³-hybridized carbons (Fsp3) is 0.524. The zero-order valence-corrected chi connectivity index (χ0v) is 51.7. The van der Waals surface area contributed by atoms with Gasteiger partial charge in [-0.1, -0.05) is 114 Å². The smallest absolute Gasteiger partial charge is 0.246 e. The molecule has 0 aromatic heterocycles. The van der Waals surface area contributed by atoms with Crippen LogP contribution < -0.4 is 36.6 Å². The topological polar surface area (TPSA) is 261 Å². The zero-order valence-electron chi connectivity index (χ0n) is 50.1. The molecule has 8 rings (SSSR count). The summed E-state index contributed by atoms with van der Waals surface area (Å²) in [7, 11) is -4.96. The molecule has 2 aliphatic heterocycles. The maximum atomic E-state index is 14.7. The van der Waals surface area contributed by atoms with Gasteiger partial charge in [0.15, 0.2) is 9.84 Å². The molecule has 0 spiro atoms. The molecule has 0 radical (unpaired) electrons. The van der Waals surface area contributed by atoms with Crippen LogP contribution in [0.3, 0.4) is 0 Å². The van der Waals surface area contributed by atoms with Crippen molar-refractivity contribution in [1.29, 1.82) is 0 Å². The van der Waals surface area contributed by atoms with Crippen LogP contribution in [0.25, 0.3) is 11.1 Å². The van der Waals surface area contributed by atoms with Crippen molar-refractivity contribution in [2.24, 2.45) is 16.7 Å². The fourth-order valence-corrected chi connectivity index (χ4v) is 14.9. The number of rotatable bonds is 19. The largest absolute Gasteiger partial charge is 0.347 e. The molecule has 2 saturated heterocycles. The molecule has 4 aromatic carbocycles. The van der Waals surface area contributed by atoms with Crippen LogP contribution >= 0.6 is 0 Å². The lowest BCUT2D eigenvalue weighted by atomic mass is 9.85. The van der Waals surface area contributed by atoms with E-state index in [0.717, 1.165) is 47.9 Å². The molecule has 19 nitrogen and oxygen atoms in total. The number of hydrogen-bond donors (Lipinski definition) is 7. The van der Waals surface area contributed by atoms with E-state index in [0.29, 0.717) is 24.0 Å². The van der Waals surface area contributed by atoms with Crippen LogP contribution in [0.5, 0.6) is 0 Å². The molecule has 7 N–H and O–H groups in total. The first-order valence-corrected chi connectivity index (χ1v) is 32.5. The first-order chi connectivity index (χ1) is 39.6. The Balaban J connectivity index is 0.967. The van der Waals surface area contributed by atoms with Crippen LogP contribution in [0.4, 0.5) is 0 Å². The summed E-state index contributed by atoms with van der Waals surface area (Å²) in [5.74, 6) is -3.55. The quantitative estimate of drug-likeness (QED) is 0.0635. The Kier molecular flexibility index (Phi) is 19.6. The lowest BCUT2D eigenvalue weighted by Crippen LogP contribution is -2.59. The third-order valence-electron chi connectivity index (χ3n) is 17.2. The van der Waals surface area contributed by atoms with E-state index in [9.17, 15) is 45.6 Å². The molecule has 21 heteroatoms. The van der Waals surface area contributed by atoms with Gasteiger partial charge in [-0.05, 0) is 154 Å². The van der Waals surface area contributed by atoms with Gasteiger partial charge in [-0.25, -0.2) is 21.6 Å². The van der Waals surface area contributed by atoms with Crippen LogP contribution in [0.15, 0.2) is 107 Å². The highest BCUT2D eigenvalue weighted by atomic mass is 32.2. The predicted molar refractivity (Wildman–Crippen MR) is 322 cm³/mol. The highest BCUT2D eigenvalue weighted by Crippen LogP contribution is 2.36. The Morgan fingerprint density at radius 2 is 0.976 bits per heavy atom. The number of benzene rings is 4. The number of aryl methyl sites for hydroxylation is 2. The van der Waals surface area contributed by atoms with Gasteiger partial charge >= 0.3 is 0 Å². The average molecular weight is 1190 g/mol. The van der Waals surface area contributed by atoms with Gasteiger partial charge in [-0.15, -0.1) is 0 Å². The second-order valence-electron chi connectivity index (χ2n) is 25.4. The number of likely N-dealkylation sites (tertiary alicyclic amines) is 2. The molecule has 2 fully saturated rings. The van der Waals surface area contributed by atoms with Crippen molar-refractivity contribution in [2.45, 2.75) is 171 Å². The van der Waals surface area contributed by atoms with Crippen LogP contribution in [-0.2, 0) is 61.5 Å². The standard InChI is InChI=1S/C63H85N9O10S2/c1-38(64-9)56(73)68-54(62(3,4)5)60(77)71-35-40(33-52(71)58(75)66-50-23-15-19-43-17-11-13-21-48(43)50)37-83(79,80)46-29-25-41(26-30-46)42-27-31-47(32-28-42)84(81,82)70-45-34-53(59(76)67-51-24-16-20-44-18-12-14-22-49(44)51)72(36-45)61(78)55(63(6,7)8)69-57(74)39(2)65-10/h11-14,17-18,21-22,25-32,38-40,45,50-55,64-65,70H,15-16,19-20,23-24,33-37H2,1-10H3,(H,66,75)(H,67,76)(H,68,73)(H,69,74)/t38-,39-,40-,45-,50+,51+,52-,53-,54+,55+/m0/s1. The van der Waals surface area contributed by atoms with E-state index >= 15 is 0 Å². The summed E-state index contributed by atoms with van der Waals surface area (Å²) < 4.78 is 59.7. The predicted octanol–water partition coefficient (Wildman–Crippen LogP) is 5.26. The number of sulfone groups is 1. The van der Waals surface area contributed by atoms with Crippen molar-refractivity contribution >= 4 is 55.3 Å². The normalized spacial score (nSPS) is 22.4. The van der Waals surface area contributed by atoms with Gasteiger partial charge in [0.25, 0.3) is 0 Å². The SMILES string of the molecule is CN[C@@H](C)C(=O)N[C@H](C(=O)N1C[C@@H](CS(=O)(=O)c2ccc(-c3ccc(S(=O)(=O)N[C@H]4C[C@@H](C(=O)N[C@@H]5CCCc6ccccc65)N(C(=O)[C@@H](NC(=O)[C@H](C)NC)C(C)(C)C)C4)cc3)cc2)C[C@H]1C(=O)N[C@@H]1CCCc2ccccc21)C(C)(C)C. The van der Waals surface area contributed by atoms with E-state index in [2.05, 4.69) is 36.6 Å². The van der Waals surface area contributed by atoms with Crippen molar-refractivity contribution in [2.75, 3.05) is 32.9 Å². The molecular formula is C63H85N9O10S2. The molecule has 4 aliphatic rings. The lowest BCUT2D eigenvalue weighted by Gasteiger charge is -2.36. The number of fused-ring (bicyclic) bond motifs is 2. The van der Waals surface area contributed by atoms with E-state index in [1.165, 1.54) is 34.1 Å². The minimum atomic E-state index is -4.24. The minimum absolute atomic E-state index is 0.0208. The second kappa shape index (κ2) is 26.0. The van der Waals surface area contributed by atoms with Crippen molar-refractivity contribution in [3.8, 4) is 11.1 Å². The van der Waals surface area contributed by atoms with Crippen LogP contribution in [0, 0.1) is 16.7 Å². The van der Waals surface area contributed by atoms with Gasteiger partial charge in [0.1, 0.15) is 24.2 Å². The Hall–Kier alpha value is -6.52. The highest BCUT2D eigenvalue weighted by Gasteiger charge is 2.48. The van der Waals surface area contributed by atoms with E-state index in [1.54, 1.807) is 52.2 Å². The highest BCUT2D eigenvalue weighted by molar-refractivity contribution is 7.91. The maximum Gasteiger partial charge on any atom is 0.246 e. The van der Waals surface area contributed by atoms with E-state index < -0.39 is 103 Å². The van der Waals surface area contributed by atoms with Crippen molar-refractivity contribution in [3.05, 3.63) is 119 Å². The summed E-state index contributed by atoms with van der Waals surface area (Å²) in [5.41, 5.74) is 3.97. The Bertz CT molecular complexity index is 3090. The molecule has 0 saturated carbocycles. The van der Waals surface area contributed by atoms with Crippen molar-refractivity contribution < 1.29 is 45.6 Å². The summed E-state index contributed by atoms with van der Waals surface area (Å²) >= 11 is 0. The number of likely N-dealkylation sites (N-methyl/N-ethyl adjacent to an activating group) is 2. The number of sulfonamides is 1. The van der Waals surface area contributed by atoms with Gasteiger partial charge in [0.05, 0.1) is 39.7 Å². The van der Waals surface area contributed by atoms with Crippen LogP contribution in [0.1, 0.15) is 128 Å². The summed E-state index contributed by atoms with van der Waals surface area (Å²) in [4.78, 5) is 87.4. The molecule has 0 unspecified atom stereocenters. The Morgan fingerprint density at radius 3 is 1.42 bits per heavy atom. The summed E-state index contributed by atoms with van der Waals surface area (Å²) in [6.07, 6.45) is 4.97. The molecular weight excluding hydrogens is 1110 g/mol. The second-order valence-corrected chi connectivity index (χ2v) is 29.2. The molecule has 84 heavy (non-hydrogen) atoms. The number of nitrogens with one attached hydrogen (secondary N) is 7. The maximum absolute atomic E-state index is 14.7. The van der Waals surface area contributed by atoms with E-state index in [-0.39, 0.29) is 65.4 Å². The summed E-state index contributed by atoms with van der Waals surface area (Å²) in [5, 5.41) is 17.9. The summed E-state index contributed by atoms with van der Waals surface area (Å²) in [6.45, 7) is 14.1. The van der Waals surface area contributed by atoms with Gasteiger partial charge in [0, 0.05) is 19.1 Å². The van der Waals surface area contributed by atoms with Crippen molar-refractivity contribution in [3.63, 3.8) is 0 Å². The number of nitrogens with zero attached hydrogens (tertiary/aromatic N) is 2. The number of carbonyl (C=O) groups excluding carboxylic acids is 6. The molecule has 2 heterocycles. The number of amides is 6. The number of hydrogen-bond acceptors (Lipinski definition) is 12. The number of carbonyl (C=O) groups is 6. The molecule has 2 aliphatic carbocycles. The molecule has 6 amide bonds. The lowest BCUT2D eigenvalue weighted by molar-refractivity contribution is -0.144. The molecule has 4 aromatic rings. The minimum Gasteiger partial charge on any atom is -0.347 e. The third-order valence-corrected chi connectivity index (χ3v) is 20.6. The Labute approximate surface area is 496 Å². The fourth-order valence-electron chi connectivity index (χ4n) is 12.1. The molecule has 10 atom stereocenters. The Morgan fingerprint density at radius 1 is 0.560 bits per heavy atom. The summed E-state index contributed by atoms with van der Waals surface area (Å²) in [6, 6.07) is 21.4. The van der Waals surface area contributed by atoms with Gasteiger partial charge in [0.2, 0.25) is 45.5 Å². The van der Waals surface area contributed by atoms with E-state index in [4.69, 9.17) is 0 Å². The van der Waals surface area contributed by atoms with Gasteiger partial charge in [-0.2, -0.15) is 0 Å². The zero-order chi connectivity index (χ0) is 61.1. The molecule has 454 valence electrons. The van der Waals surface area contributed by atoms with Crippen LogP contribution in [-0.4, -0.2) is 137 Å². The third kappa shape index (κ3) is 14.6. The van der Waals surface area contributed by atoms with E-state index in [1.807, 2.05) is 90.1 Å².